The molecule has 0 aliphatic carbocycles. The fourth-order valence-corrected chi connectivity index (χ4v) is 3.72. The van der Waals surface area contributed by atoms with Crippen LogP contribution in [0.4, 0.5) is 5.95 Å². The maximum absolute atomic E-state index is 5.45. The van der Waals surface area contributed by atoms with Crippen LogP contribution in [0.3, 0.4) is 0 Å². The summed E-state index contributed by atoms with van der Waals surface area (Å²) < 4.78 is 12.7. The topological polar surface area (TPSA) is 99.4 Å². The van der Waals surface area contributed by atoms with Crippen LogP contribution in [0.2, 0.25) is 0 Å². The number of ether oxygens (including phenoxy) is 2. The lowest BCUT2D eigenvalue weighted by atomic mass is 10.1. The molecule has 0 unspecified atom stereocenters. The van der Waals surface area contributed by atoms with Crippen LogP contribution < -0.4 is 10.1 Å². The quantitative estimate of drug-likeness (QED) is 0.511. The van der Waals surface area contributed by atoms with Crippen molar-refractivity contribution in [3.05, 3.63) is 60.3 Å². The number of hydrogen-bond acceptors (Lipinski definition) is 8. The summed E-state index contributed by atoms with van der Waals surface area (Å²) >= 11 is 0. The van der Waals surface area contributed by atoms with E-state index in [0.29, 0.717) is 24.1 Å². The first-order valence-corrected chi connectivity index (χ1v) is 10.3. The number of methoxy groups -OCH3 is 1. The number of rotatable bonds is 6. The second kappa shape index (κ2) is 8.65. The molecule has 0 bridgehead atoms. The van der Waals surface area contributed by atoms with Crippen LogP contribution >= 0.6 is 0 Å². The molecule has 0 amide bonds. The molecule has 0 saturated carbocycles. The van der Waals surface area contributed by atoms with Crippen molar-refractivity contribution in [2.24, 2.45) is 0 Å². The highest BCUT2D eigenvalue weighted by Gasteiger charge is 2.16. The van der Waals surface area contributed by atoms with Gasteiger partial charge < -0.3 is 14.8 Å². The zero-order valence-corrected chi connectivity index (χ0v) is 17.2. The van der Waals surface area contributed by atoms with Gasteiger partial charge in [-0.1, -0.05) is 18.2 Å². The molecule has 0 spiro atoms. The number of benzene rings is 1. The van der Waals surface area contributed by atoms with Gasteiger partial charge >= 0.3 is 0 Å². The molecule has 1 aliphatic rings. The fraction of sp³-hybridized carbons (Fsp3) is 0.318. The maximum atomic E-state index is 5.45. The Balaban J connectivity index is 1.39. The average molecular weight is 417 g/mol. The van der Waals surface area contributed by atoms with Crippen molar-refractivity contribution in [3.8, 4) is 17.1 Å². The minimum atomic E-state index is 0.327. The largest absolute Gasteiger partial charge is 0.496 e. The maximum Gasteiger partial charge on any atom is 0.223 e. The standard InChI is InChI=1S/C22H23N7O2/c1-30-19-5-3-2-4-15(19)12-20-27-28-21-13-18(24-14-29(20)21)17-6-9-23-22(26-17)25-16-7-10-31-11-8-16/h2-6,9,13-14,16H,7-8,10-12H2,1H3,(H,23,25,26). The van der Waals surface area contributed by atoms with Crippen molar-refractivity contribution in [1.82, 2.24) is 29.5 Å². The first kappa shape index (κ1) is 19.4. The highest BCUT2D eigenvalue weighted by molar-refractivity contribution is 5.60. The van der Waals surface area contributed by atoms with Crippen molar-refractivity contribution in [2.75, 3.05) is 25.6 Å². The fourth-order valence-electron chi connectivity index (χ4n) is 3.72. The van der Waals surface area contributed by atoms with Gasteiger partial charge in [-0.05, 0) is 25.0 Å². The molecular weight excluding hydrogens is 394 g/mol. The molecule has 5 rings (SSSR count). The summed E-state index contributed by atoms with van der Waals surface area (Å²) in [4.78, 5) is 13.6. The Bertz CT molecular complexity index is 1190. The van der Waals surface area contributed by atoms with E-state index in [4.69, 9.17) is 9.47 Å². The molecule has 0 radical (unpaired) electrons. The van der Waals surface area contributed by atoms with Crippen LogP contribution in [0.1, 0.15) is 24.2 Å². The van der Waals surface area contributed by atoms with E-state index in [9.17, 15) is 0 Å². The van der Waals surface area contributed by atoms with Crippen LogP contribution in [0, 0.1) is 0 Å². The van der Waals surface area contributed by atoms with E-state index in [-0.39, 0.29) is 0 Å². The van der Waals surface area contributed by atoms with E-state index < -0.39 is 0 Å². The normalized spacial score (nSPS) is 14.6. The molecule has 158 valence electrons. The van der Waals surface area contributed by atoms with Crippen molar-refractivity contribution >= 4 is 11.6 Å². The lowest BCUT2D eigenvalue weighted by Crippen LogP contribution is -2.28. The molecule has 1 N–H and O–H groups in total. The Morgan fingerprint density at radius 1 is 1.10 bits per heavy atom. The third-order valence-corrected chi connectivity index (χ3v) is 5.38. The van der Waals surface area contributed by atoms with Gasteiger partial charge in [-0.25, -0.2) is 15.0 Å². The Kier molecular flexibility index (Phi) is 5.40. The van der Waals surface area contributed by atoms with Gasteiger partial charge in [0.05, 0.1) is 18.5 Å². The Morgan fingerprint density at radius 3 is 2.84 bits per heavy atom. The van der Waals surface area contributed by atoms with E-state index in [2.05, 4.69) is 30.5 Å². The van der Waals surface area contributed by atoms with Crippen LogP contribution in [-0.4, -0.2) is 55.9 Å². The van der Waals surface area contributed by atoms with Gasteiger partial charge in [-0.2, -0.15) is 0 Å². The smallest absolute Gasteiger partial charge is 0.223 e. The number of anilines is 1. The number of aromatic nitrogens is 6. The second-order valence-corrected chi connectivity index (χ2v) is 7.40. The van der Waals surface area contributed by atoms with Gasteiger partial charge in [0.1, 0.15) is 17.9 Å². The Labute approximate surface area is 179 Å². The Morgan fingerprint density at radius 2 is 1.97 bits per heavy atom. The number of nitrogens with one attached hydrogen (secondary N) is 1. The van der Waals surface area contributed by atoms with Crippen LogP contribution in [0.15, 0.2) is 48.9 Å². The van der Waals surface area contributed by atoms with Crippen molar-refractivity contribution in [3.63, 3.8) is 0 Å². The summed E-state index contributed by atoms with van der Waals surface area (Å²) in [5.41, 5.74) is 3.22. The molecule has 1 aliphatic heterocycles. The molecule has 31 heavy (non-hydrogen) atoms. The summed E-state index contributed by atoms with van der Waals surface area (Å²) in [6, 6.07) is 12.0. The third kappa shape index (κ3) is 4.17. The highest BCUT2D eigenvalue weighted by Crippen LogP contribution is 2.22. The molecule has 0 atom stereocenters. The average Bonchev–Trinajstić information content (AvgIpc) is 3.22. The van der Waals surface area contributed by atoms with Crippen LogP contribution in [0.25, 0.3) is 17.0 Å². The number of para-hydroxylation sites is 1. The first-order valence-electron chi connectivity index (χ1n) is 10.3. The van der Waals surface area contributed by atoms with E-state index in [1.807, 2.05) is 40.8 Å². The molecule has 1 saturated heterocycles. The zero-order valence-electron chi connectivity index (χ0n) is 17.2. The zero-order chi connectivity index (χ0) is 21.0. The van der Waals surface area contributed by atoms with Crippen molar-refractivity contribution in [1.29, 1.82) is 0 Å². The predicted molar refractivity (Wildman–Crippen MR) is 115 cm³/mol. The lowest BCUT2D eigenvalue weighted by Gasteiger charge is -2.23. The molecule has 9 heteroatoms. The minimum absolute atomic E-state index is 0.327. The van der Waals surface area contributed by atoms with E-state index in [1.54, 1.807) is 19.6 Å². The number of nitrogens with zero attached hydrogens (tertiary/aromatic N) is 6. The SMILES string of the molecule is COc1ccccc1Cc1nnc2cc(-c3ccnc(NC4CCOCC4)n3)ncn12. The molecule has 3 aromatic heterocycles. The van der Waals surface area contributed by atoms with Gasteiger partial charge in [0.25, 0.3) is 0 Å². The molecular formula is C22H23N7O2. The van der Waals surface area contributed by atoms with Crippen LogP contribution in [-0.2, 0) is 11.2 Å². The number of fused-ring (bicyclic) bond motifs is 1. The molecule has 1 aromatic carbocycles. The van der Waals surface area contributed by atoms with E-state index in [0.717, 1.165) is 54.6 Å². The summed E-state index contributed by atoms with van der Waals surface area (Å²) in [6.07, 6.45) is 5.98. The predicted octanol–water partition coefficient (Wildman–Crippen LogP) is 2.77. The monoisotopic (exact) mass is 417 g/mol. The number of hydrogen-bond donors (Lipinski definition) is 1. The third-order valence-electron chi connectivity index (χ3n) is 5.38. The van der Waals surface area contributed by atoms with Gasteiger partial charge in [0.15, 0.2) is 5.65 Å². The second-order valence-electron chi connectivity index (χ2n) is 7.40. The minimum Gasteiger partial charge on any atom is -0.496 e. The van der Waals surface area contributed by atoms with Gasteiger partial charge in [0.2, 0.25) is 5.95 Å². The summed E-state index contributed by atoms with van der Waals surface area (Å²) in [7, 11) is 1.67. The van der Waals surface area contributed by atoms with Gasteiger partial charge in [0, 0.05) is 43.5 Å². The summed E-state index contributed by atoms with van der Waals surface area (Å²) in [6.45, 7) is 1.53. The molecule has 4 heterocycles. The summed E-state index contributed by atoms with van der Waals surface area (Å²) in [5, 5.41) is 12.1. The van der Waals surface area contributed by atoms with Crippen molar-refractivity contribution < 1.29 is 9.47 Å². The summed E-state index contributed by atoms with van der Waals surface area (Å²) in [5.74, 6) is 2.22. The van der Waals surface area contributed by atoms with Crippen LogP contribution in [0.5, 0.6) is 5.75 Å². The first-order chi connectivity index (χ1) is 15.3. The lowest BCUT2D eigenvalue weighted by molar-refractivity contribution is 0.0903. The van der Waals surface area contributed by atoms with Gasteiger partial charge in [-0.3, -0.25) is 4.40 Å². The van der Waals surface area contributed by atoms with E-state index in [1.165, 1.54) is 0 Å². The van der Waals surface area contributed by atoms with E-state index >= 15 is 0 Å². The molecule has 4 aromatic rings. The molecule has 9 nitrogen and oxygen atoms in total. The molecule has 1 fully saturated rings. The Hall–Kier alpha value is -3.59. The van der Waals surface area contributed by atoms with Crippen molar-refractivity contribution in [2.45, 2.75) is 25.3 Å². The van der Waals surface area contributed by atoms with Gasteiger partial charge in [-0.15, -0.1) is 10.2 Å². The highest BCUT2D eigenvalue weighted by atomic mass is 16.5.